The summed E-state index contributed by atoms with van der Waals surface area (Å²) in [7, 11) is 4.35. The van der Waals surface area contributed by atoms with Gasteiger partial charge in [0, 0.05) is 11.5 Å². The SMILES string of the molecule is COC(=O)c1ccc(OC)c(-c2nc(Cl)c3cc(I)c(OC)cc3n2)c1N. The number of rotatable bonds is 4. The molecule has 27 heavy (non-hydrogen) atoms. The van der Waals surface area contributed by atoms with Gasteiger partial charge < -0.3 is 19.9 Å². The summed E-state index contributed by atoms with van der Waals surface area (Å²) in [6.45, 7) is 0. The Kier molecular flexibility index (Phi) is 5.56. The molecule has 2 N–H and O–H groups in total. The van der Waals surface area contributed by atoms with Gasteiger partial charge in [-0.2, -0.15) is 0 Å². The van der Waals surface area contributed by atoms with Crippen molar-refractivity contribution in [2.45, 2.75) is 0 Å². The number of fused-ring (bicyclic) bond motifs is 1. The van der Waals surface area contributed by atoms with Crippen molar-refractivity contribution < 1.29 is 19.0 Å². The highest BCUT2D eigenvalue weighted by atomic mass is 127. The quantitative estimate of drug-likeness (QED) is 0.251. The van der Waals surface area contributed by atoms with E-state index in [0.717, 1.165) is 3.57 Å². The molecule has 0 spiro atoms. The van der Waals surface area contributed by atoms with Gasteiger partial charge in [0.05, 0.1) is 47.2 Å². The van der Waals surface area contributed by atoms with E-state index in [2.05, 4.69) is 32.6 Å². The standard InChI is InChI=1S/C18H15ClIN3O4/c1-25-12-5-4-8(18(24)27-3)15(21)14(12)17-22-11-7-13(26-2)10(20)6-9(11)16(19)23-17/h4-7H,21H2,1-3H3. The Morgan fingerprint density at radius 3 is 2.44 bits per heavy atom. The van der Waals surface area contributed by atoms with Crippen molar-refractivity contribution in [1.29, 1.82) is 0 Å². The smallest absolute Gasteiger partial charge is 0.339 e. The highest BCUT2D eigenvalue weighted by Crippen LogP contribution is 2.38. The molecule has 1 aromatic heterocycles. The number of aromatic nitrogens is 2. The van der Waals surface area contributed by atoms with Gasteiger partial charge in [-0.05, 0) is 40.8 Å². The number of carbonyl (C=O) groups excluding carboxylic acids is 1. The molecule has 2 aromatic carbocycles. The minimum absolute atomic E-state index is 0.147. The molecule has 3 rings (SSSR count). The molecule has 0 bridgehead atoms. The molecule has 0 aliphatic rings. The second kappa shape index (κ2) is 7.73. The van der Waals surface area contributed by atoms with E-state index in [0.29, 0.717) is 28.0 Å². The lowest BCUT2D eigenvalue weighted by atomic mass is 10.0. The lowest BCUT2D eigenvalue weighted by molar-refractivity contribution is 0.0602. The van der Waals surface area contributed by atoms with Crippen LogP contribution in [0.15, 0.2) is 24.3 Å². The van der Waals surface area contributed by atoms with E-state index in [9.17, 15) is 4.79 Å². The van der Waals surface area contributed by atoms with Crippen molar-refractivity contribution in [2.75, 3.05) is 27.1 Å². The third kappa shape index (κ3) is 3.46. The second-order valence-electron chi connectivity index (χ2n) is 5.44. The molecule has 0 unspecified atom stereocenters. The summed E-state index contributed by atoms with van der Waals surface area (Å²) in [6.07, 6.45) is 0. The largest absolute Gasteiger partial charge is 0.496 e. The van der Waals surface area contributed by atoms with Crippen molar-refractivity contribution in [3.8, 4) is 22.9 Å². The number of halogens is 2. The number of hydrogen-bond donors (Lipinski definition) is 1. The maximum atomic E-state index is 12.0. The fraction of sp³-hybridized carbons (Fsp3) is 0.167. The Morgan fingerprint density at radius 1 is 1.11 bits per heavy atom. The molecule has 0 radical (unpaired) electrons. The molecule has 0 aliphatic heterocycles. The molecule has 9 heteroatoms. The van der Waals surface area contributed by atoms with Gasteiger partial charge in [-0.1, -0.05) is 11.6 Å². The maximum Gasteiger partial charge on any atom is 0.339 e. The van der Waals surface area contributed by atoms with E-state index < -0.39 is 5.97 Å². The van der Waals surface area contributed by atoms with E-state index in [-0.39, 0.29) is 22.2 Å². The molecular formula is C18H15ClIN3O4. The van der Waals surface area contributed by atoms with Gasteiger partial charge in [0.15, 0.2) is 5.82 Å². The van der Waals surface area contributed by atoms with Crippen LogP contribution in [0.1, 0.15) is 10.4 Å². The van der Waals surface area contributed by atoms with E-state index in [4.69, 9.17) is 31.5 Å². The van der Waals surface area contributed by atoms with Crippen LogP contribution in [0, 0.1) is 3.57 Å². The number of esters is 1. The van der Waals surface area contributed by atoms with Crippen LogP contribution >= 0.6 is 34.2 Å². The lowest BCUT2D eigenvalue weighted by Crippen LogP contribution is -2.08. The topological polar surface area (TPSA) is 96.6 Å². The normalized spacial score (nSPS) is 10.7. The average Bonchev–Trinajstić information content (AvgIpc) is 2.67. The summed E-state index contributed by atoms with van der Waals surface area (Å²) < 4.78 is 16.4. The first-order valence-electron chi connectivity index (χ1n) is 7.67. The predicted octanol–water partition coefficient (Wildman–Crippen LogP) is 3.94. The number of methoxy groups -OCH3 is 3. The first kappa shape index (κ1) is 19.4. The number of nitrogen functional groups attached to an aromatic ring is 1. The van der Waals surface area contributed by atoms with Crippen LogP contribution in [0.5, 0.6) is 11.5 Å². The predicted molar refractivity (Wildman–Crippen MR) is 112 cm³/mol. The van der Waals surface area contributed by atoms with Gasteiger partial charge in [0.25, 0.3) is 0 Å². The second-order valence-corrected chi connectivity index (χ2v) is 6.96. The van der Waals surface area contributed by atoms with Gasteiger partial charge in [0.1, 0.15) is 16.7 Å². The zero-order valence-corrected chi connectivity index (χ0v) is 17.6. The highest BCUT2D eigenvalue weighted by molar-refractivity contribution is 14.1. The highest BCUT2D eigenvalue weighted by Gasteiger charge is 2.22. The molecule has 0 saturated carbocycles. The molecule has 0 fully saturated rings. The van der Waals surface area contributed by atoms with Crippen molar-refractivity contribution in [3.05, 3.63) is 38.6 Å². The molecule has 0 atom stereocenters. The van der Waals surface area contributed by atoms with Crippen molar-refractivity contribution in [3.63, 3.8) is 0 Å². The number of ether oxygens (including phenoxy) is 3. The van der Waals surface area contributed by atoms with Crippen LogP contribution in [0.2, 0.25) is 5.15 Å². The Balaban J connectivity index is 2.31. The van der Waals surface area contributed by atoms with Crippen molar-refractivity contribution in [1.82, 2.24) is 9.97 Å². The van der Waals surface area contributed by atoms with Gasteiger partial charge >= 0.3 is 5.97 Å². The minimum Gasteiger partial charge on any atom is -0.496 e. The van der Waals surface area contributed by atoms with E-state index in [1.807, 2.05) is 6.07 Å². The van der Waals surface area contributed by atoms with E-state index >= 15 is 0 Å². The molecule has 3 aromatic rings. The van der Waals surface area contributed by atoms with Crippen LogP contribution in [0.3, 0.4) is 0 Å². The Morgan fingerprint density at radius 2 is 1.81 bits per heavy atom. The molecule has 0 saturated heterocycles. The zero-order chi connectivity index (χ0) is 19.7. The maximum absolute atomic E-state index is 12.0. The lowest BCUT2D eigenvalue weighted by Gasteiger charge is -2.14. The van der Waals surface area contributed by atoms with Gasteiger partial charge in [0.2, 0.25) is 0 Å². The molecular weight excluding hydrogens is 485 g/mol. The number of anilines is 1. The fourth-order valence-corrected chi connectivity index (χ4v) is 3.57. The summed E-state index contributed by atoms with van der Waals surface area (Å²) in [4.78, 5) is 20.9. The fourth-order valence-electron chi connectivity index (χ4n) is 2.65. The number of hydrogen-bond acceptors (Lipinski definition) is 7. The summed E-state index contributed by atoms with van der Waals surface area (Å²) >= 11 is 8.54. The van der Waals surface area contributed by atoms with Crippen LogP contribution in [-0.2, 0) is 4.74 Å². The summed E-state index contributed by atoms with van der Waals surface area (Å²) in [6, 6.07) is 6.73. The van der Waals surface area contributed by atoms with Crippen molar-refractivity contribution >= 4 is 56.8 Å². The summed E-state index contributed by atoms with van der Waals surface area (Å²) in [5, 5.41) is 0.924. The van der Waals surface area contributed by atoms with Crippen LogP contribution in [-0.4, -0.2) is 37.3 Å². The van der Waals surface area contributed by atoms with Crippen LogP contribution in [0.25, 0.3) is 22.3 Å². The van der Waals surface area contributed by atoms with Gasteiger partial charge in [-0.25, -0.2) is 14.8 Å². The first-order chi connectivity index (χ1) is 12.9. The van der Waals surface area contributed by atoms with Crippen LogP contribution in [0.4, 0.5) is 5.69 Å². The minimum atomic E-state index is -0.570. The Labute approximate surface area is 173 Å². The Hall–Kier alpha value is -2.33. The number of nitrogens with zero attached hydrogens (tertiary/aromatic N) is 2. The van der Waals surface area contributed by atoms with Gasteiger partial charge in [-0.3, -0.25) is 0 Å². The monoisotopic (exact) mass is 499 g/mol. The van der Waals surface area contributed by atoms with E-state index in [1.165, 1.54) is 20.3 Å². The average molecular weight is 500 g/mol. The third-order valence-electron chi connectivity index (χ3n) is 3.98. The molecule has 140 valence electrons. The number of nitrogens with two attached hydrogens (primary N) is 1. The Bertz CT molecular complexity index is 1060. The third-order valence-corrected chi connectivity index (χ3v) is 5.11. The van der Waals surface area contributed by atoms with Crippen molar-refractivity contribution in [2.24, 2.45) is 0 Å². The number of carbonyl (C=O) groups is 1. The van der Waals surface area contributed by atoms with Crippen LogP contribution < -0.4 is 15.2 Å². The van der Waals surface area contributed by atoms with E-state index in [1.54, 1.807) is 19.2 Å². The first-order valence-corrected chi connectivity index (χ1v) is 9.12. The number of benzene rings is 2. The molecule has 0 amide bonds. The molecule has 1 heterocycles. The molecule has 0 aliphatic carbocycles. The zero-order valence-electron chi connectivity index (χ0n) is 14.7. The molecule has 7 nitrogen and oxygen atoms in total. The van der Waals surface area contributed by atoms with Gasteiger partial charge in [-0.15, -0.1) is 0 Å². The summed E-state index contributed by atoms with van der Waals surface area (Å²) in [5.41, 5.74) is 7.49. The summed E-state index contributed by atoms with van der Waals surface area (Å²) in [5.74, 6) is 0.732.